The van der Waals surface area contributed by atoms with Crippen LogP contribution in [0.4, 0.5) is 0 Å². The molecule has 1 heterocycles. The Bertz CT molecular complexity index is 1830. The van der Waals surface area contributed by atoms with Crippen molar-refractivity contribution >= 4 is 23.9 Å². The standard InChI is InChI=1S/C44H46O10/c1-28(2)34-25-24-29(3)26-35(34)50-44-39(54-43(48)33-22-14-7-15-23-33)38(53-42(47)32-20-12-6-13-21-32)37(52-41(46)31-18-10-5-11-19-31)36(51-44)27-49-40(45)30-16-8-4-9-17-30/h4-23,28-29,34-39,44H,24-27H2,1-3H3/t29-,34+,35-,36-,37-,38+,39-,44-/m1/s1. The van der Waals surface area contributed by atoms with E-state index in [-0.39, 0.29) is 34.6 Å². The van der Waals surface area contributed by atoms with E-state index in [2.05, 4.69) is 20.8 Å². The fourth-order valence-electron chi connectivity index (χ4n) is 7.08. The van der Waals surface area contributed by atoms with Crippen LogP contribution in [0.25, 0.3) is 0 Å². The first kappa shape index (κ1) is 38.4. The summed E-state index contributed by atoms with van der Waals surface area (Å²) in [7, 11) is 0. The van der Waals surface area contributed by atoms with Gasteiger partial charge in [-0.2, -0.15) is 0 Å². The zero-order valence-corrected chi connectivity index (χ0v) is 30.7. The first-order valence-corrected chi connectivity index (χ1v) is 18.5. The van der Waals surface area contributed by atoms with Crippen molar-refractivity contribution in [3.8, 4) is 0 Å². The maximum atomic E-state index is 13.9. The molecule has 1 saturated carbocycles. The summed E-state index contributed by atoms with van der Waals surface area (Å²) < 4.78 is 37.8. The van der Waals surface area contributed by atoms with Crippen LogP contribution in [-0.4, -0.2) is 67.3 Å². The SMILES string of the molecule is CC(C)[C@@H]1CC[C@@H](C)C[C@H]1O[C@@H]1O[C@H](COC(=O)c2ccccc2)[C@@H](OC(=O)c2ccccc2)[C@H](OC(=O)c2ccccc2)[C@H]1OC(=O)c1ccccc1. The van der Waals surface area contributed by atoms with Crippen LogP contribution in [0.15, 0.2) is 121 Å². The van der Waals surface area contributed by atoms with Crippen molar-refractivity contribution in [1.29, 1.82) is 0 Å². The summed E-state index contributed by atoms with van der Waals surface area (Å²) >= 11 is 0. The highest BCUT2D eigenvalue weighted by Gasteiger charge is 2.54. The zero-order chi connectivity index (χ0) is 38.0. The van der Waals surface area contributed by atoms with Gasteiger partial charge in [0.1, 0.15) is 12.7 Å². The minimum absolute atomic E-state index is 0.156. The van der Waals surface area contributed by atoms with Crippen molar-refractivity contribution in [1.82, 2.24) is 0 Å². The molecule has 10 nitrogen and oxygen atoms in total. The van der Waals surface area contributed by atoms with E-state index in [1.807, 2.05) is 0 Å². The third-order valence-corrected chi connectivity index (χ3v) is 10.0. The molecule has 1 aliphatic carbocycles. The Morgan fingerprint density at radius 1 is 0.593 bits per heavy atom. The predicted octanol–water partition coefficient (Wildman–Crippen LogP) is 7.72. The molecule has 282 valence electrons. The van der Waals surface area contributed by atoms with Gasteiger partial charge in [-0.3, -0.25) is 0 Å². The van der Waals surface area contributed by atoms with E-state index in [1.165, 1.54) is 0 Å². The van der Waals surface area contributed by atoms with Crippen LogP contribution in [0.2, 0.25) is 0 Å². The lowest BCUT2D eigenvalue weighted by Gasteiger charge is -2.47. The largest absolute Gasteiger partial charge is 0.459 e. The molecule has 4 aromatic carbocycles. The molecule has 1 saturated heterocycles. The molecule has 0 spiro atoms. The maximum absolute atomic E-state index is 13.9. The van der Waals surface area contributed by atoms with Crippen molar-refractivity contribution in [2.24, 2.45) is 17.8 Å². The second-order valence-corrected chi connectivity index (χ2v) is 14.2. The molecule has 0 N–H and O–H groups in total. The zero-order valence-electron chi connectivity index (χ0n) is 30.7. The van der Waals surface area contributed by atoms with E-state index in [1.54, 1.807) is 121 Å². The van der Waals surface area contributed by atoms with Gasteiger partial charge >= 0.3 is 23.9 Å². The highest BCUT2D eigenvalue weighted by Crippen LogP contribution is 2.39. The molecule has 0 amide bonds. The molecule has 54 heavy (non-hydrogen) atoms. The van der Waals surface area contributed by atoms with Crippen LogP contribution >= 0.6 is 0 Å². The molecule has 0 radical (unpaired) electrons. The van der Waals surface area contributed by atoms with Crippen LogP contribution in [0.5, 0.6) is 0 Å². The third kappa shape index (κ3) is 9.61. The second-order valence-electron chi connectivity index (χ2n) is 14.2. The summed E-state index contributed by atoms with van der Waals surface area (Å²) in [6, 6.07) is 33.4. The number of ether oxygens (including phenoxy) is 6. The Hall–Kier alpha value is -5.32. The number of benzene rings is 4. The minimum atomic E-state index is -1.46. The topological polar surface area (TPSA) is 124 Å². The molecule has 10 heteroatoms. The van der Waals surface area contributed by atoms with Gasteiger partial charge < -0.3 is 28.4 Å². The van der Waals surface area contributed by atoms with Gasteiger partial charge in [0.2, 0.25) is 0 Å². The quantitative estimate of drug-likeness (QED) is 0.106. The van der Waals surface area contributed by atoms with Crippen LogP contribution in [-0.2, 0) is 28.4 Å². The van der Waals surface area contributed by atoms with Gasteiger partial charge in [0.15, 0.2) is 24.6 Å². The number of carbonyl (C=O) groups is 4. The maximum Gasteiger partial charge on any atom is 0.338 e. The molecule has 0 unspecified atom stereocenters. The average molecular weight is 735 g/mol. The van der Waals surface area contributed by atoms with Crippen molar-refractivity contribution in [3.05, 3.63) is 144 Å². The molecule has 6 rings (SSSR count). The highest BCUT2D eigenvalue weighted by molar-refractivity contribution is 5.91. The number of carbonyl (C=O) groups excluding carboxylic acids is 4. The third-order valence-electron chi connectivity index (χ3n) is 10.0. The summed E-state index contributed by atoms with van der Waals surface area (Å²) in [6.45, 7) is 6.03. The first-order chi connectivity index (χ1) is 26.2. The molecular weight excluding hydrogens is 688 g/mol. The Labute approximate surface area is 315 Å². The Kier molecular flexibility index (Phi) is 12.9. The average Bonchev–Trinajstić information content (AvgIpc) is 3.20. The van der Waals surface area contributed by atoms with Gasteiger partial charge in [-0.15, -0.1) is 0 Å². The van der Waals surface area contributed by atoms with E-state index in [9.17, 15) is 19.2 Å². The van der Waals surface area contributed by atoms with E-state index in [4.69, 9.17) is 28.4 Å². The molecule has 0 bridgehead atoms. The van der Waals surface area contributed by atoms with Gasteiger partial charge in [-0.05, 0) is 79.1 Å². The van der Waals surface area contributed by atoms with Crippen LogP contribution < -0.4 is 0 Å². The Morgan fingerprint density at radius 2 is 1.02 bits per heavy atom. The van der Waals surface area contributed by atoms with Gasteiger partial charge in [0.25, 0.3) is 0 Å². The summed E-state index contributed by atoms with van der Waals surface area (Å²) in [5.74, 6) is -2.09. The van der Waals surface area contributed by atoms with Crippen molar-refractivity contribution in [2.75, 3.05) is 6.61 Å². The van der Waals surface area contributed by atoms with E-state index in [0.717, 1.165) is 19.3 Å². The van der Waals surface area contributed by atoms with Crippen LogP contribution in [0.3, 0.4) is 0 Å². The first-order valence-electron chi connectivity index (χ1n) is 18.5. The normalized spacial score (nSPS) is 25.3. The van der Waals surface area contributed by atoms with Crippen molar-refractivity contribution in [3.63, 3.8) is 0 Å². The van der Waals surface area contributed by atoms with Crippen LogP contribution in [0.1, 0.15) is 81.5 Å². The van der Waals surface area contributed by atoms with Gasteiger partial charge in [0, 0.05) is 0 Å². The second kappa shape index (κ2) is 18.1. The van der Waals surface area contributed by atoms with Gasteiger partial charge in [-0.1, -0.05) is 100.0 Å². The molecule has 4 aromatic rings. The van der Waals surface area contributed by atoms with Crippen molar-refractivity contribution in [2.45, 2.75) is 76.8 Å². The van der Waals surface area contributed by atoms with Crippen LogP contribution in [0, 0.1) is 17.8 Å². The van der Waals surface area contributed by atoms with Crippen molar-refractivity contribution < 1.29 is 47.6 Å². The summed E-state index contributed by atoms with van der Waals surface area (Å²) in [5.41, 5.74) is 0.984. The predicted molar refractivity (Wildman–Crippen MR) is 199 cm³/mol. The molecule has 1 aliphatic heterocycles. The summed E-state index contributed by atoms with van der Waals surface area (Å²) in [6.07, 6.45) is -4.45. The fourth-order valence-corrected chi connectivity index (χ4v) is 7.08. The van der Waals surface area contributed by atoms with Gasteiger partial charge in [0.05, 0.1) is 28.4 Å². The lowest BCUT2D eigenvalue weighted by Crippen LogP contribution is -2.64. The lowest BCUT2D eigenvalue weighted by molar-refractivity contribution is -0.315. The van der Waals surface area contributed by atoms with E-state index < -0.39 is 61.2 Å². The minimum Gasteiger partial charge on any atom is -0.459 e. The van der Waals surface area contributed by atoms with Gasteiger partial charge in [-0.25, -0.2) is 19.2 Å². The molecule has 2 fully saturated rings. The number of rotatable bonds is 12. The number of hydrogen-bond donors (Lipinski definition) is 0. The Balaban J connectivity index is 1.42. The molecule has 0 aromatic heterocycles. The molecule has 8 atom stereocenters. The fraction of sp³-hybridized carbons (Fsp3) is 0.364. The van der Waals surface area contributed by atoms with E-state index in [0.29, 0.717) is 11.5 Å². The Morgan fingerprint density at radius 3 is 1.48 bits per heavy atom. The monoisotopic (exact) mass is 734 g/mol. The smallest absolute Gasteiger partial charge is 0.338 e. The molecular formula is C44H46O10. The number of hydrogen-bond acceptors (Lipinski definition) is 10. The number of esters is 4. The summed E-state index contributed by atoms with van der Waals surface area (Å²) in [4.78, 5) is 54.7. The highest BCUT2D eigenvalue weighted by atomic mass is 16.7. The molecule has 2 aliphatic rings. The summed E-state index contributed by atoms with van der Waals surface area (Å²) in [5, 5.41) is 0. The lowest BCUT2D eigenvalue weighted by atomic mass is 9.75. The van der Waals surface area contributed by atoms with E-state index >= 15 is 0 Å².